The third-order valence-corrected chi connectivity index (χ3v) is 4.34. The Bertz CT molecular complexity index is 496. The third-order valence-electron chi connectivity index (χ3n) is 3.17. The van der Waals surface area contributed by atoms with E-state index in [0.717, 1.165) is 12.2 Å². The van der Waals surface area contributed by atoms with Gasteiger partial charge in [-0.15, -0.1) is 11.8 Å². The Labute approximate surface area is 120 Å². The highest BCUT2D eigenvalue weighted by Crippen LogP contribution is 2.19. The van der Waals surface area contributed by atoms with Gasteiger partial charge < -0.3 is 5.32 Å². The number of nitrogens with one attached hydrogen (secondary N) is 1. The highest BCUT2D eigenvalue weighted by atomic mass is 32.2. The van der Waals surface area contributed by atoms with Crippen LogP contribution in [0.25, 0.3) is 0 Å². The summed E-state index contributed by atoms with van der Waals surface area (Å²) in [4.78, 5) is 1.34. The molecule has 0 amide bonds. The van der Waals surface area contributed by atoms with Crippen LogP contribution in [0.2, 0.25) is 0 Å². The van der Waals surface area contributed by atoms with Crippen LogP contribution in [0.15, 0.2) is 59.5 Å². The number of aryl methyl sites for hydroxylation is 1. The lowest BCUT2D eigenvalue weighted by Crippen LogP contribution is -2.30. The van der Waals surface area contributed by atoms with Gasteiger partial charge in [-0.05, 0) is 38.1 Å². The van der Waals surface area contributed by atoms with E-state index in [4.69, 9.17) is 0 Å². The number of thioether (sulfide) groups is 1. The zero-order valence-corrected chi connectivity index (χ0v) is 12.4. The predicted octanol–water partition coefficient (Wildman–Crippen LogP) is 3.92. The summed E-state index contributed by atoms with van der Waals surface area (Å²) in [6, 6.07) is 19.9. The van der Waals surface area contributed by atoms with Crippen molar-refractivity contribution in [3.8, 4) is 0 Å². The Morgan fingerprint density at radius 2 is 1.84 bits per heavy atom. The Hall–Kier alpha value is -1.25. The molecule has 0 aliphatic carbocycles. The van der Waals surface area contributed by atoms with Gasteiger partial charge in [-0.25, -0.2) is 0 Å². The van der Waals surface area contributed by atoms with Crippen LogP contribution < -0.4 is 5.32 Å². The van der Waals surface area contributed by atoms with E-state index < -0.39 is 0 Å². The van der Waals surface area contributed by atoms with Gasteiger partial charge in [0.15, 0.2) is 0 Å². The second kappa shape index (κ2) is 7.37. The summed E-state index contributed by atoms with van der Waals surface area (Å²) >= 11 is 1.91. The van der Waals surface area contributed by atoms with Crippen LogP contribution in [0.3, 0.4) is 0 Å². The Morgan fingerprint density at radius 3 is 2.53 bits per heavy atom. The Morgan fingerprint density at radius 1 is 1.05 bits per heavy atom. The fourth-order valence-corrected chi connectivity index (χ4v) is 3.11. The molecule has 0 aliphatic rings. The lowest BCUT2D eigenvalue weighted by Gasteiger charge is -2.16. The van der Waals surface area contributed by atoms with Crippen LogP contribution in [0.5, 0.6) is 0 Å². The average molecular weight is 271 g/mol. The fourth-order valence-electron chi connectivity index (χ4n) is 2.08. The standard InChI is InChI=1S/C17H21NS/c1-14-7-6-8-15(11-14)12-16(18-2)13-19-17-9-4-3-5-10-17/h3-11,16,18H,12-13H2,1-2H3. The molecule has 1 nitrogen and oxygen atoms in total. The molecule has 0 spiro atoms. The molecule has 0 aliphatic heterocycles. The first-order valence-electron chi connectivity index (χ1n) is 6.68. The van der Waals surface area contributed by atoms with Crippen molar-refractivity contribution < 1.29 is 0 Å². The minimum absolute atomic E-state index is 0.506. The van der Waals surface area contributed by atoms with Gasteiger partial charge in [0.25, 0.3) is 0 Å². The van der Waals surface area contributed by atoms with Gasteiger partial charge in [-0.2, -0.15) is 0 Å². The molecule has 1 N–H and O–H groups in total. The van der Waals surface area contributed by atoms with E-state index in [2.05, 4.69) is 66.8 Å². The minimum Gasteiger partial charge on any atom is -0.316 e. The Balaban J connectivity index is 1.90. The van der Waals surface area contributed by atoms with Crippen molar-refractivity contribution in [3.05, 3.63) is 65.7 Å². The van der Waals surface area contributed by atoms with E-state index >= 15 is 0 Å². The first-order chi connectivity index (χ1) is 9.28. The molecule has 19 heavy (non-hydrogen) atoms. The van der Waals surface area contributed by atoms with Crippen molar-refractivity contribution in [2.75, 3.05) is 12.8 Å². The highest BCUT2D eigenvalue weighted by Gasteiger charge is 2.08. The van der Waals surface area contributed by atoms with Crippen LogP contribution in [0, 0.1) is 6.92 Å². The van der Waals surface area contributed by atoms with Crippen LogP contribution in [-0.2, 0) is 6.42 Å². The maximum atomic E-state index is 3.42. The van der Waals surface area contributed by atoms with Gasteiger partial charge in [0.2, 0.25) is 0 Å². The second-order valence-electron chi connectivity index (χ2n) is 4.80. The largest absolute Gasteiger partial charge is 0.316 e. The molecule has 2 rings (SSSR count). The molecule has 0 radical (unpaired) electrons. The number of hydrogen-bond donors (Lipinski definition) is 1. The van der Waals surface area contributed by atoms with Crippen molar-refractivity contribution >= 4 is 11.8 Å². The fraction of sp³-hybridized carbons (Fsp3) is 0.294. The van der Waals surface area contributed by atoms with E-state index in [1.165, 1.54) is 16.0 Å². The highest BCUT2D eigenvalue weighted by molar-refractivity contribution is 7.99. The van der Waals surface area contributed by atoms with Gasteiger partial charge in [0.05, 0.1) is 0 Å². The number of hydrogen-bond acceptors (Lipinski definition) is 2. The number of benzene rings is 2. The van der Waals surface area contributed by atoms with Crippen LogP contribution >= 0.6 is 11.8 Å². The molecule has 100 valence electrons. The summed E-state index contributed by atoms with van der Waals surface area (Å²) in [6.45, 7) is 2.15. The van der Waals surface area contributed by atoms with Gasteiger partial charge in [-0.3, -0.25) is 0 Å². The quantitative estimate of drug-likeness (QED) is 0.799. The van der Waals surface area contributed by atoms with Crippen LogP contribution in [-0.4, -0.2) is 18.8 Å². The summed E-state index contributed by atoms with van der Waals surface area (Å²) in [5.74, 6) is 1.09. The van der Waals surface area contributed by atoms with Gasteiger partial charge >= 0.3 is 0 Å². The average Bonchev–Trinajstić information content (AvgIpc) is 2.44. The number of likely N-dealkylation sites (N-methyl/N-ethyl adjacent to an activating group) is 1. The zero-order valence-electron chi connectivity index (χ0n) is 11.6. The molecule has 0 bridgehead atoms. The third kappa shape index (κ3) is 4.73. The van der Waals surface area contributed by atoms with Crippen molar-refractivity contribution in [2.45, 2.75) is 24.3 Å². The zero-order chi connectivity index (χ0) is 13.5. The summed E-state index contributed by atoms with van der Waals surface area (Å²) < 4.78 is 0. The van der Waals surface area contributed by atoms with Crippen molar-refractivity contribution in [1.29, 1.82) is 0 Å². The molecular weight excluding hydrogens is 250 g/mol. The van der Waals surface area contributed by atoms with Crippen molar-refractivity contribution in [3.63, 3.8) is 0 Å². The smallest absolute Gasteiger partial charge is 0.0199 e. The molecule has 1 atom stereocenters. The van der Waals surface area contributed by atoms with Gasteiger partial charge in [-0.1, -0.05) is 48.0 Å². The summed E-state index contributed by atoms with van der Waals surface area (Å²) in [6.07, 6.45) is 1.08. The van der Waals surface area contributed by atoms with Crippen LogP contribution in [0.4, 0.5) is 0 Å². The molecule has 2 heteroatoms. The van der Waals surface area contributed by atoms with Gasteiger partial charge in [0.1, 0.15) is 0 Å². The predicted molar refractivity (Wildman–Crippen MR) is 84.9 cm³/mol. The van der Waals surface area contributed by atoms with E-state index in [1.807, 2.05) is 18.8 Å². The molecule has 0 saturated heterocycles. The monoisotopic (exact) mass is 271 g/mol. The summed E-state index contributed by atoms with van der Waals surface area (Å²) in [7, 11) is 2.05. The first kappa shape index (κ1) is 14.2. The van der Waals surface area contributed by atoms with E-state index in [0.29, 0.717) is 6.04 Å². The second-order valence-corrected chi connectivity index (χ2v) is 5.90. The molecule has 0 saturated carbocycles. The van der Waals surface area contributed by atoms with Crippen LogP contribution in [0.1, 0.15) is 11.1 Å². The molecular formula is C17H21NS. The van der Waals surface area contributed by atoms with Crippen molar-refractivity contribution in [2.24, 2.45) is 0 Å². The lowest BCUT2D eigenvalue weighted by molar-refractivity contribution is 0.617. The maximum absolute atomic E-state index is 3.42. The summed E-state index contributed by atoms with van der Waals surface area (Å²) in [5.41, 5.74) is 2.75. The van der Waals surface area contributed by atoms with E-state index in [1.54, 1.807) is 0 Å². The van der Waals surface area contributed by atoms with E-state index in [-0.39, 0.29) is 0 Å². The molecule has 2 aromatic rings. The van der Waals surface area contributed by atoms with E-state index in [9.17, 15) is 0 Å². The Kier molecular flexibility index (Phi) is 5.49. The molecule has 1 unspecified atom stereocenters. The topological polar surface area (TPSA) is 12.0 Å². The van der Waals surface area contributed by atoms with Crippen molar-refractivity contribution in [1.82, 2.24) is 5.32 Å². The molecule has 2 aromatic carbocycles. The SMILES string of the molecule is CNC(CSc1ccccc1)Cc1cccc(C)c1. The molecule has 0 heterocycles. The lowest BCUT2D eigenvalue weighted by atomic mass is 10.1. The summed E-state index contributed by atoms with van der Waals surface area (Å²) in [5, 5.41) is 3.42. The molecule has 0 aromatic heterocycles. The molecule has 0 fully saturated rings. The maximum Gasteiger partial charge on any atom is 0.0199 e. The first-order valence-corrected chi connectivity index (χ1v) is 7.67. The minimum atomic E-state index is 0.506. The normalized spacial score (nSPS) is 12.3. The van der Waals surface area contributed by atoms with Gasteiger partial charge in [0, 0.05) is 16.7 Å². The number of rotatable bonds is 6.